The number of amides is 1. The Balaban J connectivity index is 2.14. The molecule has 4 nitrogen and oxygen atoms in total. The molecule has 0 saturated heterocycles. The molecule has 0 atom stereocenters. The van der Waals surface area contributed by atoms with Gasteiger partial charge in [-0.1, -0.05) is 39.7 Å². The summed E-state index contributed by atoms with van der Waals surface area (Å²) in [5, 5.41) is 3.34. The number of carbonyl (C=O) groups excluding carboxylic acids is 2. The number of esters is 1. The van der Waals surface area contributed by atoms with Crippen LogP contribution in [0.4, 0.5) is 5.69 Å². The molecule has 0 heterocycles. The van der Waals surface area contributed by atoms with Gasteiger partial charge < -0.3 is 10.1 Å². The quantitative estimate of drug-likeness (QED) is 0.811. The van der Waals surface area contributed by atoms with Crippen LogP contribution in [0.25, 0.3) is 0 Å². The monoisotopic (exact) mass is 381 g/mol. The molecule has 22 heavy (non-hydrogen) atoms. The number of nitrogens with one attached hydrogen (secondary N) is 1. The number of carbonyl (C=O) groups is 2. The van der Waals surface area contributed by atoms with Crippen molar-refractivity contribution in [3.8, 4) is 0 Å². The minimum Gasteiger partial charge on any atom is -0.465 e. The van der Waals surface area contributed by atoms with Gasteiger partial charge in [0.15, 0.2) is 0 Å². The Bertz CT molecular complexity index is 701. The second-order valence-electron chi connectivity index (χ2n) is 4.53. The highest BCUT2D eigenvalue weighted by molar-refractivity contribution is 9.10. The third-order valence-electron chi connectivity index (χ3n) is 2.94. The van der Waals surface area contributed by atoms with Crippen LogP contribution in [0.1, 0.15) is 15.9 Å². The molecule has 1 N–H and O–H groups in total. The lowest BCUT2D eigenvalue weighted by atomic mass is 10.1. The van der Waals surface area contributed by atoms with Gasteiger partial charge in [-0.15, -0.1) is 0 Å². The zero-order chi connectivity index (χ0) is 16.1. The van der Waals surface area contributed by atoms with E-state index in [0.29, 0.717) is 16.3 Å². The highest BCUT2D eigenvalue weighted by Gasteiger charge is 2.14. The van der Waals surface area contributed by atoms with Gasteiger partial charge in [-0.05, 0) is 35.9 Å². The molecule has 0 aliphatic heterocycles. The van der Waals surface area contributed by atoms with Crippen LogP contribution in [0.15, 0.2) is 46.9 Å². The number of halogens is 2. The SMILES string of the molecule is COC(=O)c1cc(Br)ccc1NC(=O)Cc1ccc(Cl)cc1. The lowest BCUT2D eigenvalue weighted by molar-refractivity contribution is -0.115. The van der Waals surface area contributed by atoms with Gasteiger partial charge >= 0.3 is 5.97 Å². The van der Waals surface area contributed by atoms with E-state index in [0.717, 1.165) is 10.0 Å². The van der Waals surface area contributed by atoms with Crippen LogP contribution in [0.2, 0.25) is 5.02 Å². The van der Waals surface area contributed by atoms with Gasteiger partial charge in [0.05, 0.1) is 24.8 Å². The number of rotatable bonds is 4. The molecule has 2 rings (SSSR count). The van der Waals surface area contributed by atoms with Crippen molar-refractivity contribution in [3.05, 3.63) is 63.1 Å². The fourth-order valence-electron chi connectivity index (χ4n) is 1.89. The summed E-state index contributed by atoms with van der Waals surface area (Å²) in [6.07, 6.45) is 0.188. The van der Waals surface area contributed by atoms with Crippen molar-refractivity contribution >= 4 is 45.1 Å². The predicted molar refractivity (Wildman–Crippen MR) is 89.3 cm³/mol. The Morgan fingerprint density at radius 3 is 2.50 bits per heavy atom. The highest BCUT2D eigenvalue weighted by Crippen LogP contribution is 2.22. The van der Waals surface area contributed by atoms with E-state index in [1.54, 1.807) is 42.5 Å². The molecule has 6 heteroatoms. The fraction of sp³-hybridized carbons (Fsp3) is 0.125. The van der Waals surface area contributed by atoms with Gasteiger partial charge in [0.25, 0.3) is 0 Å². The summed E-state index contributed by atoms with van der Waals surface area (Å²) in [6.45, 7) is 0. The number of ether oxygens (including phenoxy) is 1. The largest absolute Gasteiger partial charge is 0.465 e. The van der Waals surface area contributed by atoms with E-state index in [-0.39, 0.29) is 12.3 Å². The standard InChI is InChI=1S/C16H13BrClNO3/c1-22-16(21)13-9-11(17)4-7-14(13)19-15(20)8-10-2-5-12(18)6-3-10/h2-7,9H,8H2,1H3,(H,19,20). The Hall–Kier alpha value is -1.85. The van der Waals surface area contributed by atoms with E-state index in [1.807, 2.05) is 0 Å². The lowest BCUT2D eigenvalue weighted by Crippen LogP contribution is -2.17. The van der Waals surface area contributed by atoms with Gasteiger partial charge in [-0.25, -0.2) is 4.79 Å². The third kappa shape index (κ3) is 4.32. The van der Waals surface area contributed by atoms with Gasteiger partial charge in [0.2, 0.25) is 5.91 Å². The van der Waals surface area contributed by atoms with Crippen molar-refractivity contribution in [2.75, 3.05) is 12.4 Å². The fourth-order valence-corrected chi connectivity index (χ4v) is 2.37. The summed E-state index contributed by atoms with van der Waals surface area (Å²) in [6, 6.07) is 12.0. The molecule has 114 valence electrons. The van der Waals surface area contributed by atoms with E-state index in [9.17, 15) is 9.59 Å². The first-order chi connectivity index (χ1) is 10.5. The van der Waals surface area contributed by atoms with Gasteiger partial charge in [0.1, 0.15) is 0 Å². The van der Waals surface area contributed by atoms with E-state index < -0.39 is 5.97 Å². The van der Waals surface area contributed by atoms with E-state index in [1.165, 1.54) is 7.11 Å². The Kier molecular flexibility index (Phi) is 5.57. The van der Waals surface area contributed by atoms with Crippen LogP contribution in [-0.4, -0.2) is 19.0 Å². The molecule has 0 unspecified atom stereocenters. The Morgan fingerprint density at radius 1 is 1.18 bits per heavy atom. The number of methoxy groups -OCH3 is 1. The van der Waals surface area contributed by atoms with Crippen molar-refractivity contribution in [1.29, 1.82) is 0 Å². The zero-order valence-electron chi connectivity index (χ0n) is 11.7. The molecular formula is C16H13BrClNO3. The Morgan fingerprint density at radius 2 is 1.86 bits per heavy atom. The molecule has 1 amide bonds. The number of hydrogen-bond acceptors (Lipinski definition) is 3. The molecule has 0 fully saturated rings. The van der Waals surface area contributed by atoms with Crippen LogP contribution in [-0.2, 0) is 16.0 Å². The predicted octanol–water partition coefficient (Wildman–Crippen LogP) is 4.07. The zero-order valence-corrected chi connectivity index (χ0v) is 14.1. The van der Waals surface area contributed by atoms with Gasteiger partial charge in [-0.3, -0.25) is 4.79 Å². The van der Waals surface area contributed by atoms with Crippen molar-refractivity contribution in [2.24, 2.45) is 0 Å². The van der Waals surface area contributed by atoms with Crippen LogP contribution >= 0.6 is 27.5 Å². The Labute approximate surface area is 141 Å². The van der Waals surface area contributed by atoms with Crippen molar-refractivity contribution in [1.82, 2.24) is 0 Å². The second kappa shape index (κ2) is 7.42. The summed E-state index contributed by atoms with van der Waals surface area (Å²) in [4.78, 5) is 23.9. The summed E-state index contributed by atoms with van der Waals surface area (Å²) in [5.74, 6) is -0.738. The molecule has 0 radical (unpaired) electrons. The number of benzene rings is 2. The first-order valence-electron chi connectivity index (χ1n) is 6.42. The normalized spacial score (nSPS) is 10.1. The summed E-state index contributed by atoms with van der Waals surface area (Å²) in [7, 11) is 1.29. The molecule has 0 saturated carbocycles. The van der Waals surface area contributed by atoms with E-state index in [4.69, 9.17) is 16.3 Å². The average Bonchev–Trinajstić information content (AvgIpc) is 2.50. The molecule has 0 spiro atoms. The molecular weight excluding hydrogens is 370 g/mol. The first kappa shape index (κ1) is 16.5. The minimum absolute atomic E-state index is 0.188. The topological polar surface area (TPSA) is 55.4 Å². The van der Waals surface area contributed by atoms with Crippen molar-refractivity contribution in [3.63, 3.8) is 0 Å². The second-order valence-corrected chi connectivity index (χ2v) is 5.89. The number of hydrogen-bond donors (Lipinski definition) is 1. The third-order valence-corrected chi connectivity index (χ3v) is 3.68. The maximum atomic E-state index is 12.1. The average molecular weight is 383 g/mol. The van der Waals surface area contributed by atoms with Crippen LogP contribution in [0.3, 0.4) is 0 Å². The smallest absolute Gasteiger partial charge is 0.340 e. The molecule has 0 aromatic heterocycles. The summed E-state index contributed by atoms with van der Waals surface area (Å²) in [5.41, 5.74) is 1.54. The molecule has 2 aromatic carbocycles. The molecule has 0 aliphatic carbocycles. The van der Waals surface area contributed by atoms with Crippen molar-refractivity contribution in [2.45, 2.75) is 6.42 Å². The molecule has 2 aromatic rings. The molecule has 0 bridgehead atoms. The van der Waals surface area contributed by atoms with Crippen LogP contribution < -0.4 is 5.32 Å². The van der Waals surface area contributed by atoms with Crippen LogP contribution in [0, 0.1) is 0 Å². The maximum Gasteiger partial charge on any atom is 0.340 e. The lowest BCUT2D eigenvalue weighted by Gasteiger charge is -2.10. The van der Waals surface area contributed by atoms with E-state index >= 15 is 0 Å². The van der Waals surface area contributed by atoms with E-state index in [2.05, 4.69) is 21.2 Å². The minimum atomic E-state index is -0.511. The summed E-state index contributed by atoms with van der Waals surface area (Å²) < 4.78 is 5.44. The maximum absolute atomic E-state index is 12.1. The van der Waals surface area contributed by atoms with Crippen LogP contribution in [0.5, 0.6) is 0 Å². The van der Waals surface area contributed by atoms with Gasteiger partial charge in [0, 0.05) is 9.50 Å². The van der Waals surface area contributed by atoms with Crippen molar-refractivity contribution < 1.29 is 14.3 Å². The van der Waals surface area contributed by atoms with Gasteiger partial charge in [-0.2, -0.15) is 0 Å². The first-order valence-corrected chi connectivity index (χ1v) is 7.59. The molecule has 0 aliphatic rings. The number of anilines is 1. The summed E-state index contributed by atoms with van der Waals surface area (Å²) >= 11 is 9.10. The highest BCUT2D eigenvalue weighted by atomic mass is 79.9.